The monoisotopic (exact) mass is 458 g/mol. The molecule has 0 aliphatic heterocycles. The lowest BCUT2D eigenvalue weighted by Gasteiger charge is -2.46. The molecular formula is C30H50O3. The van der Waals surface area contributed by atoms with Crippen LogP contribution >= 0.6 is 0 Å². The molecule has 0 bridgehead atoms. The highest BCUT2D eigenvalue weighted by atomic mass is 16.3. The molecule has 188 valence electrons. The lowest BCUT2D eigenvalue weighted by Crippen LogP contribution is -2.36. The van der Waals surface area contributed by atoms with E-state index in [0.717, 1.165) is 25.7 Å². The van der Waals surface area contributed by atoms with Gasteiger partial charge in [-0.2, -0.15) is 0 Å². The number of unbranched alkanes of at least 4 members (excludes halogenated alkanes) is 1. The summed E-state index contributed by atoms with van der Waals surface area (Å²) in [7, 11) is 0. The normalized spacial score (nSPS) is 34.8. The van der Waals surface area contributed by atoms with Gasteiger partial charge in [-0.05, 0) is 94.8 Å². The van der Waals surface area contributed by atoms with Gasteiger partial charge in [0.2, 0.25) is 0 Å². The zero-order chi connectivity index (χ0) is 24.2. The van der Waals surface area contributed by atoms with Crippen molar-refractivity contribution in [1.29, 1.82) is 0 Å². The molecule has 0 spiro atoms. The van der Waals surface area contributed by atoms with Gasteiger partial charge in [-0.3, -0.25) is 0 Å². The number of rotatable bonds is 9. The number of fused-ring (bicyclic) bond motifs is 1. The first-order chi connectivity index (χ1) is 15.5. The van der Waals surface area contributed by atoms with Crippen LogP contribution in [0.4, 0.5) is 0 Å². The van der Waals surface area contributed by atoms with Crippen molar-refractivity contribution in [2.45, 2.75) is 129 Å². The van der Waals surface area contributed by atoms with Crippen molar-refractivity contribution in [3.05, 3.63) is 34.9 Å². The predicted molar refractivity (Wildman–Crippen MR) is 138 cm³/mol. The highest BCUT2D eigenvalue weighted by molar-refractivity contribution is 5.36. The van der Waals surface area contributed by atoms with Gasteiger partial charge in [-0.25, -0.2) is 0 Å². The first kappa shape index (κ1) is 26.7. The fourth-order valence-corrected chi connectivity index (χ4v) is 6.98. The van der Waals surface area contributed by atoms with Crippen LogP contribution in [-0.4, -0.2) is 33.1 Å². The summed E-state index contributed by atoms with van der Waals surface area (Å²) in [6.45, 7) is 11.0. The highest BCUT2D eigenvalue weighted by Gasteiger charge is 2.48. The Balaban J connectivity index is 1.78. The Kier molecular flexibility index (Phi) is 9.08. The zero-order valence-electron chi connectivity index (χ0n) is 21.9. The van der Waals surface area contributed by atoms with E-state index in [2.05, 4.69) is 39.0 Å². The average molecular weight is 459 g/mol. The molecule has 0 radical (unpaired) electrons. The summed E-state index contributed by atoms with van der Waals surface area (Å²) in [5.74, 6) is 1.81. The van der Waals surface area contributed by atoms with Crippen LogP contribution in [0.2, 0.25) is 0 Å². The van der Waals surface area contributed by atoms with Crippen LogP contribution in [0.5, 0.6) is 0 Å². The quantitative estimate of drug-likeness (QED) is 0.330. The molecule has 2 saturated carbocycles. The maximum Gasteiger partial charge on any atom is 0.0602 e. The second-order valence-electron chi connectivity index (χ2n) is 12.3. The second kappa shape index (κ2) is 11.2. The summed E-state index contributed by atoms with van der Waals surface area (Å²) in [6.07, 6.45) is 18.9. The van der Waals surface area contributed by atoms with Gasteiger partial charge in [0.25, 0.3) is 0 Å². The van der Waals surface area contributed by atoms with Gasteiger partial charge in [-0.15, -0.1) is 0 Å². The number of hydrogen-bond donors (Lipinski definition) is 3. The minimum atomic E-state index is -0.572. The molecule has 3 heteroatoms. The third-order valence-electron chi connectivity index (χ3n) is 8.80. The molecule has 33 heavy (non-hydrogen) atoms. The maximum absolute atomic E-state index is 10.1. The molecule has 0 amide bonds. The Hall–Kier alpha value is -0.900. The molecule has 0 aromatic rings. The molecule has 2 fully saturated rings. The van der Waals surface area contributed by atoms with Gasteiger partial charge < -0.3 is 15.3 Å². The van der Waals surface area contributed by atoms with Crippen LogP contribution in [0.3, 0.4) is 0 Å². The SMILES string of the molecule is CCCC[C@@H]1CC[C@]2(C)C([C@H](C)CCCC(C)(C)O)=CC[C@H]2/C1=C/C=C1C[C@@H](O)C[C@H](O)C1. The van der Waals surface area contributed by atoms with Crippen LogP contribution in [0, 0.1) is 23.2 Å². The number of allylic oxidation sites excluding steroid dienone is 5. The van der Waals surface area contributed by atoms with E-state index >= 15 is 0 Å². The van der Waals surface area contributed by atoms with Gasteiger partial charge in [-0.1, -0.05) is 75.0 Å². The molecular weight excluding hydrogens is 408 g/mol. The Bertz CT molecular complexity index is 728. The number of aliphatic hydroxyl groups is 3. The van der Waals surface area contributed by atoms with E-state index in [-0.39, 0.29) is 5.41 Å². The zero-order valence-corrected chi connectivity index (χ0v) is 21.9. The van der Waals surface area contributed by atoms with Gasteiger partial charge in [0.1, 0.15) is 0 Å². The number of aliphatic hydroxyl groups excluding tert-OH is 2. The van der Waals surface area contributed by atoms with E-state index in [1.54, 1.807) is 11.1 Å². The van der Waals surface area contributed by atoms with E-state index in [1.807, 2.05) is 13.8 Å². The molecule has 0 aromatic carbocycles. The summed E-state index contributed by atoms with van der Waals surface area (Å²) < 4.78 is 0. The third-order valence-corrected chi connectivity index (χ3v) is 8.80. The molecule has 6 atom stereocenters. The molecule has 3 nitrogen and oxygen atoms in total. The molecule has 0 saturated heterocycles. The lowest BCUT2D eigenvalue weighted by molar-refractivity contribution is 0.0608. The van der Waals surface area contributed by atoms with Crippen LogP contribution in [0.1, 0.15) is 112 Å². The second-order valence-corrected chi connectivity index (χ2v) is 12.3. The highest BCUT2D eigenvalue weighted by Crippen LogP contribution is 2.59. The minimum absolute atomic E-state index is 0.243. The van der Waals surface area contributed by atoms with Gasteiger partial charge >= 0.3 is 0 Å². The van der Waals surface area contributed by atoms with E-state index in [4.69, 9.17) is 0 Å². The molecule has 3 aliphatic carbocycles. The summed E-state index contributed by atoms with van der Waals surface area (Å²) >= 11 is 0. The molecule has 3 N–H and O–H groups in total. The van der Waals surface area contributed by atoms with E-state index in [0.29, 0.717) is 37.0 Å². The van der Waals surface area contributed by atoms with Crippen molar-refractivity contribution in [3.63, 3.8) is 0 Å². The van der Waals surface area contributed by atoms with Gasteiger partial charge in [0.15, 0.2) is 0 Å². The topological polar surface area (TPSA) is 60.7 Å². The summed E-state index contributed by atoms with van der Waals surface area (Å²) in [4.78, 5) is 0. The molecule has 0 unspecified atom stereocenters. The minimum Gasteiger partial charge on any atom is -0.393 e. The first-order valence-electron chi connectivity index (χ1n) is 13.7. The van der Waals surface area contributed by atoms with Crippen molar-refractivity contribution >= 4 is 0 Å². The Morgan fingerprint density at radius 3 is 2.48 bits per heavy atom. The Morgan fingerprint density at radius 1 is 1.15 bits per heavy atom. The Labute approximate surface area is 203 Å². The molecule has 3 aliphatic rings. The number of hydrogen-bond acceptors (Lipinski definition) is 3. The van der Waals surface area contributed by atoms with E-state index in [9.17, 15) is 15.3 Å². The van der Waals surface area contributed by atoms with E-state index < -0.39 is 17.8 Å². The fourth-order valence-electron chi connectivity index (χ4n) is 6.98. The van der Waals surface area contributed by atoms with Crippen molar-refractivity contribution < 1.29 is 15.3 Å². The summed E-state index contributed by atoms with van der Waals surface area (Å²) in [5, 5.41) is 30.3. The third kappa shape index (κ3) is 6.83. The van der Waals surface area contributed by atoms with Crippen molar-refractivity contribution in [1.82, 2.24) is 0 Å². The lowest BCUT2D eigenvalue weighted by atomic mass is 9.58. The van der Waals surface area contributed by atoms with Crippen LogP contribution in [-0.2, 0) is 0 Å². The largest absolute Gasteiger partial charge is 0.393 e. The Morgan fingerprint density at radius 2 is 1.85 bits per heavy atom. The molecule has 3 rings (SSSR count). The fraction of sp³-hybridized carbons (Fsp3) is 0.800. The van der Waals surface area contributed by atoms with Gasteiger partial charge in [0, 0.05) is 0 Å². The van der Waals surface area contributed by atoms with Crippen LogP contribution in [0.15, 0.2) is 34.9 Å². The van der Waals surface area contributed by atoms with Crippen molar-refractivity contribution in [3.8, 4) is 0 Å². The molecule has 0 heterocycles. The molecule has 0 aromatic heterocycles. The first-order valence-corrected chi connectivity index (χ1v) is 13.7. The van der Waals surface area contributed by atoms with Gasteiger partial charge in [0.05, 0.1) is 17.8 Å². The van der Waals surface area contributed by atoms with E-state index in [1.165, 1.54) is 37.7 Å². The van der Waals surface area contributed by atoms with Crippen molar-refractivity contribution in [2.75, 3.05) is 0 Å². The standard InChI is InChI=1S/C30H50O3/c1-6-7-10-23-15-17-30(5)27(21(2)9-8-16-29(3,4)33)13-14-28(30)26(23)12-11-22-18-24(31)20-25(32)19-22/h11-13,21,23-25,28,31-33H,6-10,14-20H2,1-5H3/b26-12+/t21-,23-,24-,25-,28+,30-/m1/s1. The average Bonchev–Trinajstić information content (AvgIpc) is 3.06. The van der Waals surface area contributed by atoms with Crippen LogP contribution < -0.4 is 0 Å². The predicted octanol–water partition coefficient (Wildman–Crippen LogP) is 6.88. The maximum atomic E-state index is 10.1. The summed E-state index contributed by atoms with van der Waals surface area (Å²) in [5.41, 5.74) is 4.14. The van der Waals surface area contributed by atoms with Crippen LogP contribution in [0.25, 0.3) is 0 Å². The summed E-state index contributed by atoms with van der Waals surface area (Å²) in [6, 6.07) is 0. The smallest absolute Gasteiger partial charge is 0.0602 e. The van der Waals surface area contributed by atoms with Crippen molar-refractivity contribution in [2.24, 2.45) is 23.2 Å².